The number of nitrogens with zero attached hydrogens (tertiary/aromatic N) is 1. The molecule has 0 radical (unpaired) electrons. The van der Waals surface area contributed by atoms with Crippen molar-refractivity contribution in [3.05, 3.63) is 0 Å². The zero-order valence-corrected chi connectivity index (χ0v) is 3.10. The first kappa shape index (κ1) is 4.43. The second-order valence-electron chi connectivity index (χ2n) is 0.516. The minimum absolute atomic E-state index is 1.57. The van der Waals surface area contributed by atoms with Gasteiger partial charge in [-0.2, -0.15) is 5.10 Å². The van der Waals surface area contributed by atoms with Crippen LogP contribution in [0, 0.1) is 0 Å². The van der Waals surface area contributed by atoms with Gasteiger partial charge in [0.25, 0.3) is 0 Å². The van der Waals surface area contributed by atoms with Gasteiger partial charge >= 0.3 is 0 Å². The Balaban J connectivity index is 2.62. The zero-order valence-electron chi connectivity index (χ0n) is 3.10. The lowest BCUT2D eigenvalue weighted by molar-refractivity contribution is 0.810. The van der Waals surface area contributed by atoms with Crippen molar-refractivity contribution in [2.24, 2.45) is 10.9 Å². The minimum Gasteiger partial charge on any atom is -0.246 e. The highest BCUT2D eigenvalue weighted by molar-refractivity contribution is 5.52. The maximum absolute atomic E-state index is 4.69. The van der Waals surface area contributed by atoms with E-state index in [1.54, 1.807) is 13.1 Å². The molecule has 0 rings (SSSR count). The zero-order chi connectivity index (χ0) is 4.12. The molecule has 3 N–H and O–H groups in total. The first-order chi connectivity index (χ1) is 2.41. The summed E-state index contributed by atoms with van der Waals surface area (Å²) < 4.78 is 0. The van der Waals surface area contributed by atoms with E-state index < -0.39 is 0 Å². The molecule has 0 spiro atoms. The van der Waals surface area contributed by atoms with Crippen molar-refractivity contribution in [2.45, 2.75) is 6.92 Å². The molecule has 0 heterocycles. The average molecular weight is 73.1 g/mol. The summed E-state index contributed by atoms with van der Waals surface area (Å²) in [4.78, 5) is 0. The van der Waals surface area contributed by atoms with Gasteiger partial charge in [-0.05, 0) is 6.92 Å². The molecule has 0 aliphatic carbocycles. The predicted octanol–water partition coefficient (Wildman–Crippen LogP) is -0.545. The maximum Gasteiger partial charge on any atom is 0.0227 e. The van der Waals surface area contributed by atoms with Gasteiger partial charge in [0.2, 0.25) is 0 Å². The Kier molecular flexibility index (Phi) is 3.04. The number of hydrazine groups is 1. The molecule has 0 aliphatic rings. The van der Waals surface area contributed by atoms with E-state index in [-0.39, 0.29) is 0 Å². The molecule has 0 unspecified atom stereocenters. The van der Waals surface area contributed by atoms with Crippen molar-refractivity contribution in [3.8, 4) is 0 Å². The topological polar surface area (TPSA) is 50.4 Å². The van der Waals surface area contributed by atoms with Crippen LogP contribution in [0.4, 0.5) is 0 Å². The van der Waals surface area contributed by atoms with Gasteiger partial charge in [0.1, 0.15) is 0 Å². The van der Waals surface area contributed by atoms with Gasteiger partial charge < -0.3 is 0 Å². The number of nitrogens with two attached hydrogens (primary N) is 1. The molecule has 0 fully saturated rings. The van der Waals surface area contributed by atoms with E-state index in [1.807, 2.05) is 0 Å². The van der Waals surface area contributed by atoms with Crippen LogP contribution in [0.15, 0.2) is 5.10 Å². The van der Waals surface area contributed by atoms with Crippen molar-refractivity contribution < 1.29 is 0 Å². The third-order valence-electron chi connectivity index (χ3n) is 0.204. The SMILES string of the molecule is C/C=N\NN. The van der Waals surface area contributed by atoms with Crippen LogP contribution >= 0.6 is 0 Å². The molecule has 0 saturated heterocycles. The number of nitrogens with one attached hydrogen (secondary N) is 1. The molecule has 0 aromatic heterocycles. The summed E-state index contributed by atoms with van der Waals surface area (Å²) in [7, 11) is 0. The fourth-order valence-corrected chi connectivity index (χ4v) is 0.0745. The lowest BCUT2D eigenvalue weighted by atomic mass is 10.9. The van der Waals surface area contributed by atoms with E-state index in [0.29, 0.717) is 0 Å². The third-order valence-corrected chi connectivity index (χ3v) is 0.204. The highest BCUT2D eigenvalue weighted by atomic mass is 15.5. The number of hydrogen-bond donors (Lipinski definition) is 2. The van der Waals surface area contributed by atoms with Crippen LogP contribution in [0.2, 0.25) is 0 Å². The van der Waals surface area contributed by atoms with E-state index in [0.717, 1.165) is 0 Å². The van der Waals surface area contributed by atoms with Gasteiger partial charge in [-0.15, -0.1) is 0 Å². The average Bonchev–Trinajstić information content (AvgIpc) is 1.41. The first-order valence-electron chi connectivity index (χ1n) is 1.35. The largest absolute Gasteiger partial charge is 0.246 e. The van der Waals surface area contributed by atoms with Crippen molar-refractivity contribution >= 4 is 6.21 Å². The summed E-state index contributed by atoms with van der Waals surface area (Å²) in [6.45, 7) is 1.78. The van der Waals surface area contributed by atoms with Gasteiger partial charge in [0.15, 0.2) is 0 Å². The van der Waals surface area contributed by atoms with Crippen LogP contribution in [0.3, 0.4) is 0 Å². The Morgan fingerprint density at radius 1 is 2.00 bits per heavy atom. The summed E-state index contributed by atoms with van der Waals surface area (Å²) in [5.74, 6) is 4.69. The second-order valence-corrected chi connectivity index (χ2v) is 0.516. The third kappa shape index (κ3) is 3.43. The van der Waals surface area contributed by atoms with Crippen molar-refractivity contribution in [1.82, 2.24) is 5.53 Å². The number of hydrogen-bond acceptors (Lipinski definition) is 3. The maximum atomic E-state index is 4.69. The summed E-state index contributed by atoms with van der Waals surface area (Å²) in [5.41, 5.74) is 2.09. The summed E-state index contributed by atoms with van der Waals surface area (Å²) >= 11 is 0. The predicted molar refractivity (Wildman–Crippen MR) is 21.5 cm³/mol. The number of rotatable bonds is 1. The second kappa shape index (κ2) is 3.43. The van der Waals surface area contributed by atoms with Crippen LogP contribution in [0.5, 0.6) is 0 Å². The van der Waals surface area contributed by atoms with Gasteiger partial charge in [0.05, 0.1) is 0 Å². The highest BCUT2D eigenvalue weighted by Gasteiger charge is 1.44. The van der Waals surface area contributed by atoms with Crippen LogP contribution < -0.4 is 11.4 Å². The summed E-state index contributed by atoms with van der Waals surface area (Å²) in [6.07, 6.45) is 1.57. The Hall–Kier alpha value is -0.570. The van der Waals surface area contributed by atoms with E-state index in [9.17, 15) is 0 Å². The molecule has 3 nitrogen and oxygen atoms in total. The van der Waals surface area contributed by atoms with E-state index in [4.69, 9.17) is 5.84 Å². The van der Waals surface area contributed by atoms with E-state index >= 15 is 0 Å². The van der Waals surface area contributed by atoms with Gasteiger partial charge in [-0.1, -0.05) is 0 Å². The van der Waals surface area contributed by atoms with Crippen molar-refractivity contribution in [3.63, 3.8) is 0 Å². The van der Waals surface area contributed by atoms with E-state index in [1.165, 1.54) is 0 Å². The normalized spacial score (nSPS) is 9.20. The molecule has 5 heavy (non-hydrogen) atoms. The Morgan fingerprint density at radius 2 is 2.60 bits per heavy atom. The van der Waals surface area contributed by atoms with Crippen molar-refractivity contribution in [2.75, 3.05) is 0 Å². The van der Waals surface area contributed by atoms with Crippen LogP contribution in [-0.2, 0) is 0 Å². The molecule has 3 heteroatoms. The monoisotopic (exact) mass is 73.1 g/mol. The quantitative estimate of drug-likeness (QED) is 0.249. The highest BCUT2D eigenvalue weighted by Crippen LogP contribution is 1.38. The summed E-state index contributed by atoms with van der Waals surface area (Å²) in [6, 6.07) is 0. The fourth-order valence-electron chi connectivity index (χ4n) is 0.0745. The molecule has 0 amide bonds. The first-order valence-corrected chi connectivity index (χ1v) is 1.35. The van der Waals surface area contributed by atoms with Crippen molar-refractivity contribution in [1.29, 1.82) is 0 Å². The van der Waals surface area contributed by atoms with E-state index in [2.05, 4.69) is 10.6 Å². The molecule has 0 aromatic rings. The Bertz CT molecular complexity index is 31.9. The molecule has 0 atom stereocenters. The Labute approximate surface area is 30.8 Å². The van der Waals surface area contributed by atoms with Crippen LogP contribution in [0.25, 0.3) is 0 Å². The number of hydrazone groups is 1. The Morgan fingerprint density at radius 3 is 2.60 bits per heavy atom. The van der Waals surface area contributed by atoms with Gasteiger partial charge in [-0.3, -0.25) is 0 Å². The molecule has 30 valence electrons. The standard InChI is InChI=1S/C2H7N3/c1-2-4-5-3/h2,5H,3H2,1H3/b4-2-. The molecular formula is C2H7N3. The van der Waals surface area contributed by atoms with Gasteiger partial charge in [0, 0.05) is 6.21 Å². The molecule has 0 saturated carbocycles. The van der Waals surface area contributed by atoms with Gasteiger partial charge in [-0.25, -0.2) is 11.4 Å². The lowest BCUT2D eigenvalue weighted by Crippen LogP contribution is -2.12. The summed E-state index contributed by atoms with van der Waals surface area (Å²) in [5, 5.41) is 3.38. The van der Waals surface area contributed by atoms with Crippen LogP contribution in [-0.4, -0.2) is 6.21 Å². The smallest absolute Gasteiger partial charge is 0.0227 e. The molecule has 0 aromatic carbocycles. The van der Waals surface area contributed by atoms with Crippen LogP contribution in [0.1, 0.15) is 6.92 Å². The lowest BCUT2D eigenvalue weighted by Gasteiger charge is -1.76. The minimum atomic E-state index is 1.57. The molecular weight excluding hydrogens is 66.0 g/mol. The molecule has 0 aliphatic heterocycles. The molecule has 0 bridgehead atoms. The fraction of sp³-hybridized carbons (Fsp3) is 0.500.